The van der Waals surface area contributed by atoms with E-state index >= 15 is 0 Å². The van der Waals surface area contributed by atoms with E-state index in [4.69, 9.17) is 14.6 Å². The van der Waals surface area contributed by atoms with Gasteiger partial charge in [0.05, 0.1) is 12.3 Å². The van der Waals surface area contributed by atoms with Gasteiger partial charge in [-0.1, -0.05) is 18.2 Å². The predicted octanol–water partition coefficient (Wildman–Crippen LogP) is 5.27. The van der Waals surface area contributed by atoms with Gasteiger partial charge in [0.1, 0.15) is 23.1 Å². The molecule has 1 aromatic heterocycles. The summed E-state index contributed by atoms with van der Waals surface area (Å²) in [6.07, 6.45) is 4.07. The van der Waals surface area contributed by atoms with Gasteiger partial charge < -0.3 is 9.47 Å². The van der Waals surface area contributed by atoms with Gasteiger partial charge >= 0.3 is 0 Å². The van der Waals surface area contributed by atoms with Gasteiger partial charge in [0.2, 0.25) is 0 Å². The number of amides is 2. The Balaban J connectivity index is 1.84. The van der Waals surface area contributed by atoms with E-state index in [1.54, 1.807) is 17.7 Å². The van der Waals surface area contributed by atoms with Gasteiger partial charge in [0.15, 0.2) is 0 Å². The zero-order valence-electron chi connectivity index (χ0n) is 22.7. The Morgan fingerprint density at radius 2 is 1.79 bits per heavy atom. The Morgan fingerprint density at radius 1 is 1.03 bits per heavy atom. The molecule has 39 heavy (non-hydrogen) atoms. The Hall–Kier alpha value is -4.48. The average Bonchev–Trinajstić information content (AvgIpc) is 3.35. The maximum Gasteiger partial charge on any atom is 0.271 e. The highest BCUT2D eigenvalue weighted by Gasteiger charge is 2.35. The lowest BCUT2D eigenvalue weighted by atomic mass is 9.92. The molecule has 0 radical (unpaired) electrons. The normalized spacial score (nSPS) is 14.7. The summed E-state index contributed by atoms with van der Waals surface area (Å²) >= 11 is 0. The number of imide groups is 1. The number of para-hydroxylation sites is 1. The molecule has 8 nitrogen and oxygen atoms in total. The molecule has 2 amide bonds. The fourth-order valence-electron chi connectivity index (χ4n) is 4.53. The van der Waals surface area contributed by atoms with Crippen molar-refractivity contribution in [3.63, 3.8) is 0 Å². The highest BCUT2D eigenvalue weighted by Crippen LogP contribution is 2.33. The van der Waals surface area contributed by atoms with Gasteiger partial charge in [-0.25, -0.2) is 4.68 Å². The Kier molecular flexibility index (Phi) is 8.74. The van der Waals surface area contributed by atoms with Crippen LogP contribution in [0.3, 0.4) is 0 Å². The fourth-order valence-corrected chi connectivity index (χ4v) is 4.53. The smallest absolute Gasteiger partial charge is 0.271 e. The summed E-state index contributed by atoms with van der Waals surface area (Å²) in [7, 11) is 0. The molecule has 0 saturated heterocycles. The van der Waals surface area contributed by atoms with Crippen LogP contribution >= 0.6 is 0 Å². The van der Waals surface area contributed by atoms with Crippen LogP contribution in [-0.2, 0) is 14.3 Å². The van der Waals surface area contributed by atoms with Crippen molar-refractivity contribution in [2.75, 3.05) is 26.4 Å². The maximum absolute atomic E-state index is 13.6. The van der Waals surface area contributed by atoms with Gasteiger partial charge in [-0.05, 0) is 81.7 Å². The minimum atomic E-state index is -0.573. The number of nitriles is 1. The van der Waals surface area contributed by atoms with Crippen molar-refractivity contribution in [3.8, 4) is 28.8 Å². The maximum atomic E-state index is 13.6. The van der Waals surface area contributed by atoms with E-state index < -0.39 is 11.8 Å². The molecule has 1 aliphatic rings. The molecule has 0 N–H and O–H groups in total. The van der Waals surface area contributed by atoms with Gasteiger partial charge in [-0.2, -0.15) is 10.4 Å². The van der Waals surface area contributed by atoms with E-state index in [1.807, 2.05) is 81.6 Å². The van der Waals surface area contributed by atoms with E-state index in [9.17, 15) is 14.9 Å². The van der Waals surface area contributed by atoms with Crippen molar-refractivity contribution in [3.05, 3.63) is 82.6 Å². The van der Waals surface area contributed by atoms with E-state index in [2.05, 4.69) is 0 Å². The summed E-state index contributed by atoms with van der Waals surface area (Å²) in [6.45, 7) is 9.15. The van der Waals surface area contributed by atoms with Crippen LogP contribution in [0.15, 0.2) is 71.4 Å². The van der Waals surface area contributed by atoms with Crippen LogP contribution in [0.1, 0.15) is 38.3 Å². The third-order valence-electron chi connectivity index (χ3n) is 6.53. The molecule has 8 heteroatoms. The number of ether oxygens (including phenoxy) is 2. The molecule has 0 aliphatic carbocycles. The molecule has 4 rings (SSSR count). The van der Waals surface area contributed by atoms with Crippen LogP contribution in [0, 0.1) is 18.3 Å². The molecule has 2 aromatic carbocycles. The van der Waals surface area contributed by atoms with Gasteiger partial charge in [-0.3, -0.25) is 14.5 Å². The lowest BCUT2D eigenvalue weighted by Gasteiger charge is -2.27. The Morgan fingerprint density at radius 3 is 2.46 bits per heavy atom. The monoisotopic (exact) mass is 524 g/mol. The topological polar surface area (TPSA) is 97.5 Å². The van der Waals surface area contributed by atoms with Crippen molar-refractivity contribution in [1.29, 1.82) is 5.26 Å². The van der Waals surface area contributed by atoms with Crippen LogP contribution in [0.2, 0.25) is 0 Å². The molecule has 0 atom stereocenters. The zero-order valence-corrected chi connectivity index (χ0v) is 22.7. The van der Waals surface area contributed by atoms with Crippen LogP contribution < -0.4 is 4.74 Å². The summed E-state index contributed by atoms with van der Waals surface area (Å²) in [5, 5.41) is 14.7. The van der Waals surface area contributed by atoms with Crippen molar-refractivity contribution in [2.45, 2.75) is 34.1 Å². The first-order valence-electron chi connectivity index (χ1n) is 13.0. The summed E-state index contributed by atoms with van der Waals surface area (Å²) in [6, 6.07) is 17.5. The lowest BCUT2D eigenvalue weighted by Crippen LogP contribution is -2.43. The molecule has 0 fully saturated rings. The predicted molar refractivity (Wildman–Crippen MR) is 149 cm³/mol. The number of aryl methyl sites for hydroxylation is 1. The molecular weight excluding hydrogens is 492 g/mol. The molecule has 0 bridgehead atoms. The van der Waals surface area contributed by atoms with Crippen molar-refractivity contribution < 1.29 is 19.1 Å². The first-order chi connectivity index (χ1) is 18.9. The second kappa shape index (κ2) is 12.4. The van der Waals surface area contributed by atoms with E-state index in [0.29, 0.717) is 48.6 Å². The minimum absolute atomic E-state index is 0.0356. The first kappa shape index (κ1) is 27.6. The van der Waals surface area contributed by atoms with E-state index in [-0.39, 0.29) is 12.1 Å². The van der Waals surface area contributed by atoms with Gasteiger partial charge in [-0.15, -0.1) is 0 Å². The van der Waals surface area contributed by atoms with Crippen molar-refractivity contribution in [1.82, 2.24) is 14.7 Å². The number of hydrogen-bond acceptors (Lipinski definition) is 6. The van der Waals surface area contributed by atoms with Crippen LogP contribution in [0.4, 0.5) is 0 Å². The summed E-state index contributed by atoms with van der Waals surface area (Å²) in [5.41, 5.74) is 4.68. The second-order valence-corrected chi connectivity index (χ2v) is 9.11. The molecule has 0 saturated carbocycles. The number of aromatic nitrogens is 2. The van der Waals surface area contributed by atoms with Crippen LogP contribution in [0.5, 0.6) is 5.75 Å². The van der Waals surface area contributed by atoms with Crippen molar-refractivity contribution in [2.24, 2.45) is 0 Å². The van der Waals surface area contributed by atoms with E-state index in [1.165, 1.54) is 0 Å². The molecular formula is C31H32N4O4. The molecule has 2 heterocycles. The van der Waals surface area contributed by atoms with Gasteiger partial charge in [0.25, 0.3) is 11.8 Å². The quantitative estimate of drug-likeness (QED) is 0.204. The largest absolute Gasteiger partial charge is 0.494 e. The SMILES string of the molecule is CCOCCCN1C(=O)C(C#N)=C(C)/C(=C\c2cn(-c3ccccc3)nc2-c2ccc(OCC)cc2C)C1=O. The van der Waals surface area contributed by atoms with E-state index in [0.717, 1.165) is 27.5 Å². The highest BCUT2D eigenvalue weighted by atomic mass is 16.5. The zero-order chi connectivity index (χ0) is 27.9. The van der Waals surface area contributed by atoms with Crippen LogP contribution in [-0.4, -0.2) is 52.9 Å². The number of hydrogen-bond donors (Lipinski definition) is 0. The molecule has 0 unspecified atom stereocenters. The van der Waals surface area contributed by atoms with Gasteiger partial charge in [0, 0.05) is 42.7 Å². The molecule has 1 aliphatic heterocycles. The number of nitrogens with zero attached hydrogens (tertiary/aromatic N) is 4. The number of benzene rings is 2. The fraction of sp³-hybridized carbons (Fsp3) is 0.290. The molecule has 3 aromatic rings. The number of carbonyl (C=O) groups excluding carboxylic acids is 2. The lowest BCUT2D eigenvalue weighted by molar-refractivity contribution is -0.140. The van der Waals surface area contributed by atoms with Crippen molar-refractivity contribution >= 4 is 17.9 Å². The average molecular weight is 525 g/mol. The van der Waals surface area contributed by atoms with Crippen LogP contribution in [0.25, 0.3) is 23.0 Å². The third-order valence-corrected chi connectivity index (χ3v) is 6.53. The molecule has 200 valence electrons. The summed E-state index contributed by atoms with van der Waals surface area (Å²) in [5.74, 6) is -0.242. The number of rotatable bonds is 10. The second-order valence-electron chi connectivity index (χ2n) is 9.11. The first-order valence-corrected chi connectivity index (χ1v) is 13.0. The minimum Gasteiger partial charge on any atom is -0.494 e. The molecule has 0 spiro atoms. The standard InChI is InChI=1S/C31H32N4O4/c1-5-38-16-10-15-34-30(36)27(22(4)28(19-32)31(34)37)18-23-20-35(24-11-8-7-9-12-24)33-29(23)26-14-13-25(39-6-2)17-21(26)3/h7-9,11-14,17-18,20H,5-6,10,15-16H2,1-4H3/b27-18+. The summed E-state index contributed by atoms with van der Waals surface area (Å²) in [4.78, 5) is 27.7. The Labute approximate surface area is 228 Å². The summed E-state index contributed by atoms with van der Waals surface area (Å²) < 4.78 is 12.8. The number of carbonyl (C=O) groups is 2. The highest BCUT2D eigenvalue weighted by molar-refractivity contribution is 6.19. The third kappa shape index (κ3) is 5.84. The Bertz CT molecular complexity index is 1480.